The van der Waals surface area contributed by atoms with Gasteiger partial charge in [0.15, 0.2) is 0 Å². The highest BCUT2D eigenvalue weighted by molar-refractivity contribution is 5.96. The second-order valence-corrected chi connectivity index (χ2v) is 5.01. The van der Waals surface area contributed by atoms with Gasteiger partial charge in [0.1, 0.15) is 5.56 Å². The molecule has 1 atom stereocenters. The summed E-state index contributed by atoms with van der Waals surface area (Å²) in [6.07, 6.45) is 2.60. The van der Waals surface area contributed by atoms with Gasteiger partial charge in [-0.25, -0.2) is 4.98 Å². The van der Waals surface area contributed by atoms with Gasteiger partial charge in [-0.15, -0.1) is 0 Å². The van der Waals surface area contributed by atoms with E-state index in [0.29, 0.717) is 30.6 Å². The van der Waals surface area contributed by atoms with Crippen molar-refractivity contribution in [2.24, 2.45) is 0 Å². The molecule has 1 aromatic rings. The third kappa shape index (κ3) is 3.23. The van der Waals surface area contributed by atoms with E-state index < -0.39 is 0 Å². The van der Waals surface area contributed by atoms with Crippen molar-refractivity contribution < 1.29 is 14.3 Å². The van der Waals surface area contributed by atoms with E-state index in [2.05, 4.69) is 24.1 Å². The van der Waals surface area contributed by atoms with Gasteiger partial charge in [-0.2, -0.15) is 0 Å². The fraction of sp³-hybridized carbons (Fsp3) is 0.571. The molecule has 1 N–H and O–H groups in total. The van der Waals surface area contributed by atoms with E-state index in [1.54, 1.807) is 6.20 Å². The highest BCUT2D eigenvalue weighted by atomic mass is 16.5. The number of pyridine rings is 1. The Balaban J connectivity index is 2.20. The lowest BCUT2D eigenvalue weighted by Crippen LogP contribution is -2.35. The largest absolute Gasteiger partial charge is 0.480 e. The molecule has 1 aromatic heterocycles. The maximum absolute atomic E-state index is 12.3. The number of hydrogen-bond acceptors (Lipinski definition) is 4. The van der Waals surface area contributed by atoms with E-state index in [4.69, 9.17) is 9.47 Å². The molecule has 0 spiro atoms. The zero-order valence-electron chi connectivity index (χ0n) is 11.6. The van der Waals surface area contributed by atoms with Crippen molar-refractivity contribution in [2.75, 3.05) is 20.3 Å². The molecule has 19 heavy (non-hydrogen) atoms. The van der Waals surface area contributed by atoms with E-state index in [1.807, 2.05) is 6.07 Å². The predicted molar refractivity (Wildman–Crippen MR) is 71.6 cm³/mol. The predicted octanol–water partition coefficient (Wildman–Crippen LogP) is 1.73. The molecule has 1 saturated heterocycles. The van der Waals surface area contributed by atoms with Crippen molar-refractivity contribution >= 4 is 5.91 Å². The van der Waals surface area contributed by atoms with Crippen LogP contribution in [0.4, 0.5) is 0 Å². The number of amides is 1. The van der Waals surface area contributed by atoms with E-state index in [1.165, 1.54) is 7.11 Å². The van der Waals surface area contributed by atoms with Gasteiger partial charge in [-0.1, -0.05) is 13.8 Å². The number of hydrogen-bond donors (Lipinski definition) is 1. The lowest BCUT2D eigenvalue weighted by atomic mass is 10.0. The third-order valence-electron chi connectivity index (χ3n) is 3.24. The average molecular weight is 264 g/mol. The van der Waals surface area contributed by atoms with Crippen LogP contribution in [0.2, 0.25) is 0 Å². The molecule has 0 bridgehead atoms. The lowest BCUT2D eigenvalue weighted by Gasteiger charge is -2.14. The van der Waals surface area contributed by atoms with Crippen LogP contribution >= 0.6 is 0 Å². The highest BCUT2D eigenvalue weighted by Crippen LogP contribution is 2.21. The molecule has 1 aliphatic rings. The van der Waals surface area contributed by atoms with Crippen molar-refractivity contribution in [1.29, 1.82) is 0 Å². The van der Waals surface area contributed by atoms with Crippen LogP contribution in [0.5, 0.6) is 5.88 Å². The van der Waals surface area contributed by atoms with Crippen LogP contribution in [-0.4, -0.2) is 37.3 Å². The summed E-state index contributed by atoms with van der Waals surface area (Å²) >= 11 is 0. The normalized spacial score (nSPS) is 18.6. The summed E-state index contributed by atoms with van der Waals surface area (Å²) in [5.41, 5.74) is 1.51. The van der Waals surface area contributed by atoms with Crippen LogP contribution in [0.25, 0.3) is 0 Å². The first-order chi connectivity index (χ1) is 9.11. The molecule has 0 aromatic carbocycles. The van der Waals surface area contributed by atoms with Crippen LogP contribution in [0.1, 0.15) is 42.1 Å². The van der Waals surface area contributed by atoms with Gasteiger partial charge in [0.25, 0.3) is 5.91 Å². The Bertz CT molecular complexity index is 454. The number of aromatic nitrogens is 1. The molecule has 1 unspecified atom stereocenters. The van der Waals surface area contributed by atoms with Crippen LogP contribution < -0.4 is 10.1 Å². The Morgan fingerprint density at radius 3 is 2.95 bits per heavy atom. The minimum absolute atomic E-state index is 0.0833. The van der Waals surface area contributed by atoms with Crippen LogP contribution in [0.3, 0.4) is 0 Å². The molecule has 0 aliphatic carbocycles. The molecule has 5 nitrogen and oxygen atoms in total. The average Bonchev–Trinajstić information content (AvgIpc) is 2.90. The van der Waals surface area contributed by atoms with Crippen molar-refractivity contribution in [3.05, 3.63) is 23.4 Å². The van der Waals surface area contributed by atoms with Gasteiger partial charge in [0.2, 0.25) is 5.88 Å². The first-order valence-corrected chi connectivity index (χ1v) is 6.54. The number of nitrogens with one attached hydrogen (secondary N) is 1. The fourth-order valence-electron chi connectivity index (χ4n) is 2.02. The summed E-state index contributed by atoms with van der Waals surface area (Å²) in [6.45, 7) is 5.41. The summed E-state index contributed by atoms with van der Waals surface area (Å²) in [6, 6.07) is 1.93. The minimum atomic E-state index is -0.151. The summed E-state index contributed by atoms with van der Waals surface area (Å²) in [5, 5.41) is 2.95. The Kier molecular flexibility index (Phi) is 4.37. The van der Waals surface area contributed by atoms with Gasteiger partial charge < -0.3 is 14.8 Å². The van der Waals surface area contributed by atoms with Gasteiger partial charge in [-0.05, 0) is 24.0 Å². The van der Waals surface area contributed by atoms with Crippen LogP contribution in [0.15, 0.2) is 12.3 Å². The van der Waals surface area contributed by atoms with Gasteiger partial charge in [-0.3, -0.25) is 4.79 Å². The number of carbonyl (C=O) groups excluding carboxylic acids is 1. The number of methoxy groups -OCH3 is 1. The quantitative estimate of drug-likeness (QED) is 0.899. The van der Waals surface area contributed by atoms with E-state index >= 15 is 0 Å². The first kappa shape index (κ1) is 13.8. The summed E-state index contributed by atoms with van der Waals surface area (Å²) in [4.78, 5) is 16.5. The second-order valence-electron chi connectivity index (χ2n) is 5.01. The first-order valence-electron chi connectivity index (χ1n) is 6.54. The van der Waals surface area contributed by atoms with E-state index in [-0.39, 0.29) is 11.9 Å². The number of nitrogens with zero attached hydrogens (tertiary/aromatic N) is 1. The Labute approximate surface area is 113 Å². The molecule has 1 amide bonds. The van der Waals surface area contributed by atoms with Gasteiger partial charge in [0.05, 0.1) is 19.8 Å². The zero-order chi connectivity index (χ0) is 13.8. The van der Waals surface area contributed by atoms with Gasteiger partial charge in [0, 0.05) is 12.8 Å². The van der Waals surface area contributed by atoms with Crippen molar-refractivity contribution in [3.8, 4) is 5.88 Å². The smallest absolute Gasteiger partial charge is 0.257 e. The summed E-state index contributed by atoms with van der Waals surface area (Å²) < 4.78 is 10.4. The summed E-state index contributed by atoms with van der Waals surface area (Å²) in [5.74, 6) is 0.530. The van der Waals surface area contributed by atoms with E-state index in [9.17, 15) is 4.79 Å². The van der Waals surface area contributed by atoms with Crippen LogP contribution in [0, 0.1) is 0 Å². The Hall–Kier alpha value is -1.62. The maximum Gasteiger partial charge on any atom is 0.257 e. The minimum Gasteiger partial charge on any atom is -0.480 e. The molecule has 0 radical (unpaired) electrons. The molecule has 0 saturated carbocycles. The maximum atomic E-state index is 12.3. The van der Waals surface area contributed by atoms with Crippen molar-refractivity contribution in [1.82, 2.24) is 10.3 Å². The standard InChI is InChI=1S/C14H20N2O3/c1-9(2)10-6-12(14(18-3)15-7-10)13(17)16-11-4-5-19-8-11/h6-7,9,11H,4-5,8H2,1-3H3,(H,16,17). The molecule has 1 fully saturated rings. The number of carbonyl (C=O) groups is 1. The second kappa shape index (κ2) is 6.02. The van der Waals surface area contributed by atoms with Crippen LogP contribution in [-0.2, 0) is 4.74 Å². The fourth-order valence-corrected chi connectivity index (χ4v) is 2.02. The van der Waals surface area contributed by atoms with Crippen molar-refractivity contribution in [3.63, 3.8) is 0 Å². The third-order valence-corrected chi connectivity index (χ3v) is 3.24. The molecule has 5 heteroatoms. The Morgan fingerprint density at radius 1 is 1.58 bits per heavy atom. The number of ether oxygens (including phenoxy) is 2. The lowest BCUT2D eigenvalue weighted by molar-refractivity contribution is 0.0926. The Morgan fingerprint density at radius 2 is 2.37 bits per heavy atom. The van der Waals surface area contributed by atoms with Crippen molar-refractivity contribution in [2.45, 2.75) is 32.2 Å². The molecular weight excluding hydrogens is 244 g/mol. The monoisotopic (exact) mass is 264 g/mol. The van der Waals surface area contributed by atoms with Gasteiger partial charge >= 0.3 is 0 Å². The molecule has 2 rings (SSSR count). The topological polar surface area (TPSA) is 60.5 Å². The highest BCUT2D eigenvalue weighted by Gasteiger charge is 2.21. The molecular formula is C14H20N2O3. The SMILES string of the molecule is COc1ncc(C(C)C)cc1C(=O)NC1CCOC1. The number of rotatable bonds is 4. The zero-order valence-corrected chi connectivity index (χ0v) is 11.6. The molecule has 104 valence electrons. The van der Waals surface area contributed by atoms with E-state index in [0.717, 1.165) is 12.0 Å². The molecule has 2 heterocycles. The summed E-state index contributed by atoms with van der Waals surface area (Å²) in [7, 11) is 1.52. The molecule has 1 aliphatic heterocycles.